The number of nitrogens with zero attached hydrogens (tertiary/aromatic N) is 3. The summed E-state index contributed by atoms with van der Waals surface area (Å²) < 4.78 is 5.12. The number of benzene rings is 1. The first-order chi connectivity index (χ1) is 15.0. The standard InChI is InChI=1S/C23H22N4O3S/c1-16-14-20(25-22(28)19-4-2-13-30-19)31-21(16)23(29)27-10-3-9-26(11-12-27)18-7-5-17(15-24)6-8-18/h2,4-8,13-14H,3,9-12H2,1H3,(H,25,28). The van der Waals surface area contributed by atoms with Crippen LogP contribution in [0.2, 0.25) is 0 Å². The molecular formula is C23H22N4O3S. The first-order valence-corrected chi connectivity index (χ1v) is 10.9. The van der Waals surface area contributed by atoms with Gasteiger partial charge in [0, 0.05) is 31.9 Å². The molecular weight excluding hydrogens is 412 g/mol. The molecule has 0 bridgehead atoms. The summed E-state index contributed by atoms with van der Waals surface area (Å²) in [4.78, 5) is 30.1. The summed E-state index contributed by atoms with van der Waals surface area (Å²) in [6, 6.07) is 14.7. The van der Waals surface area contributed by atoms with Gasteiger partial charge in [-0.1, -0.05) is 0 Å². The maximum absolute atomic E-state index is 13.2. The molecule has 1 aliphatic rings. The molecule has 1 N–H and O–H groups in total. The molecule has 31 heavy (non-hydrogen) atoms. The lowest BCUT2D eigenvalue weighted by molar-refractivity contribution is 0.0771. The summed E-state index contributed by atoms with van der Waals surface area (Å²) in [5.41, 5.74) is 2.54. The Morgan fingerprint density at radius 1 is 1.13 bits per heavy atom. The number of nitriles is 1. The van der Waals surface area contributed by atoms with Gasteiger partial charge in [-0.25, -0.2) is 0 Å². The monoisotopic (exact) mass is 434 g/mol. The van der Waals surface area contributed by atoms with Crippen LogP contribution in [0.4, 0.5) is 10.7 Å². The second kappa shape index (κ2) is 9.06. The topological polar surface area (TPSA) is 89.6 Å². The molecule has 2 amide bonds. The summed E-state index contributed by atoms with van der Waals surface area (Å²) in [5, 5.41) is 12.4. The lowest BCUT2D eigenvalue weighted by Gasteiger charge is -2.23. The van der Waals surface area contributed by atoms with Gasteiger partial charge in [0.2, 0.25) is 0 Å². The number of amides is 2. The van der Waals surface area contributed by atoms with Crippen molar-refractivity contribution >= 4 is 33.8 Å². The first-order valence-electron chi connectivity index (χ1n) is 10.0. The minimum Gasteiger partial charge on any atom is -0.459 e. The molecule has 3 heterocycles. The van der Waals surface area contributed by atoms with E-state index in [2.05, 4.69) is 16.3 Å². The average Bonchev–Trinajstić information content (AvgIpc) is 3.37. The molecule has 0 aliphatic carbocycles. The Kier molecular flexibility index (Phi) is 6.05. The number of rotatable bonds is 4. The van der Waals surface area contributed by atoms with E-state index in [0.29, 0.717) is 28.5 Å². The highest BCUT2D eigenvalue weighted by atomic mass is 32.1. The zero-order valence-corrected chi connectivity index (χ0v) is 17.9. The summed E-state index contributed by atoms with van der Waals surface area (Å²) in [7, 11) is 0. The Morgan fingerprint density at radius 2 is 1.94 bits per heavy atom. The molecule has 0 unspecified atom stereocenters. The van der Waals surface area contributed by atoms with Crippen molar-refractivity contribution in [3.8, 4) is 6.07 Å². The van der Waals surface area contributed by atoms with Gasteiger partial charge in [0.1, 0.15) is 0 Å². The lowest BCUT2D eigenvalue weighted by Crippen LogP contribution is -2.35. The second-order valence-electron chi connectivity index (χ2n) is 7.35. The molecule has 1 saturated heterocycles. The van der Waals surface area contributed by atoms with Gasteiger partial charge in [0.15, 0.2) is 5.76 Å². The molecule has 4 rings (SSSR count). The summed E-state index contributed by atoms with van der Waals surface area (Å²) in [6.07, 6.45) is 2.31. The largest absolute Gasteiger partial charge is 0.459 e. The van der Waals surface area contributed by atoms with Crippen molar-refractivity contribution in [1.82, 2.24) is 4.90 Å². The van der Waals surface area contributed by atoms with Gasteiger partial charge in [-0.3, -0.25) is 9.59 Å². The molecule has 0 saturated carbocycles. The smallest absolute Gasteiger partial charge is 0.291 e. The predicted octanol–water partition coefficient (Wildman–Crippen LogP) is 4.13. The van der Waals surface area contributed by atoms with Gasteiger partial charge in [0.25, 0.3) is 11.8 Å². The van der Waals surface area contributed by atoms with Crippen molar-refractivity contribution in [2.24, 2.45) is 0 Å². The molecule has 158 valence electrons. The lowest BCUT2D eigenvalue weighted by atomic mass is 10.2. The van der Waals surface area contributed by atoms with Gasteiger partial charge in [-0.15, -0.1) is 11.3 Å². The van der Waals surface area contributed by atoms with E-state index in [4.69, 9.17) is 9.68 Å². The number of anilines is 2. The number of nitrogens with one attached hydrogen (secondary N) is 1. The third-order valence-electron chi connectivity index (χ3n) is 5.24. The molecule has 0 atom stereocenters. The van der Waals surface area contributed by atoms with Crippen LogP contribution in [0.3, 0.4) is 0 Å². The minimum atomic E-state index is -0.335. The van der Waals surface area contributed by atoms with Crippen LogP contribution in [0.15, 0.2) is 53.1 Å². The maximum Gasteiger partial charge on any atom is 0.291 e. The highest BCUT2D eigenvalue weighted by molar-refractivity contribution is 7.18. The van der Waals surface area contributed by atoms with Crippen LogP contribution in [0.5, 0.6) is 0 Å². The number of hydrogen-bond donors (Lipinski definition) is 1. The van der Waals surface area contributed by atoms with Crippen molar-refractivity contribution in [2.45, 2.75) is 13.3 Å². The Hall–Kier alpha value is -3.57. The van der Waals surface area contributed by atoms with Crippen LogP contribution in [0, 0.1) is 18.3 Å². The van der Waals surface area contributed by atoms with Crippen LogP contribution < -0.4 is 10.2 Å². The number of hydrogen-bond acceptors (Lipinski definition) is 6. The van der Waals surface area contributed by atoms with Crippen molar-refractivity contribution < 1.29 is 14.0 Å². The van der Waals surface area contributed by atoms with Crippen LogP contribution in [0.25, 0.3) is 0 Å². The Bertz CT molecular complexity index is 1110. The Labute approximate surface area is 184 Å². The van der Waals surface area contributed by atoms with Gasteiger partial charge < -0.3 is 19.5 Å². The number of thiophene rings is 1. The number of aryl methyl sites for hydroxylation is 1. The molecule has 1 fully saturated rings. The quantitative estimate of drug-likeness (QED) is 0.667. The van der Waals surface area contributed by atoms with E-state index in [-0.39, 0.29) is 17.6 Å². The number of furan rings is 1. The van der Waals surface area contributed by atoms with Gasteiger partial charge in [-0.2, -0.15) is 5.26 Å². The third kappa shape index (κ3) is 4.62. The van der Waals surface area contributed by atoms with E-state index in [9.17, 15) is 9.59 Å². The molecule has 1 aromatic carbocycles. The first kappa shape index (κ1) is 20.7. The van der Waals surface area contributed by atoms with Crippen LogP contribution in [0.1, 0.15) is 37.8 Å². The number of carbonyl (C=O) groups is 2. The van der Waals surface area contributed by atoms with Gasteiger partial charge in [-0.05, 0) is 61.4 Å². The van der Waals surface area contributed by atoms with E-state index in [1.807, 2.05) is 42.2 Å². The highest BCUT2D eigenvalue weighted by Crippen LogP contribution is 2.29. The van der Waals surface area contributed by atoms with E-state index in [1.54, 1.807) is 12.1 Å². The minimum absolute atomic E-state index is 0.0114. The summed E-state index contributed by atoms with van der Waals surface area (Å²) in [5.74, 6) is -0.116. The highest BCUT2D eigenvalue weighted by Gasteiger charge is 2.24. The van der Waals surface area contributed by atoms with E-state index in [0.717, 1.165) is 30.8 Å². The van der Waals surface area contributed by atoms with Crippen molar-refractivity contribution in [3.63, 3.8) is 0 Å². The second-order valence-corrected chi connectivity index (χ2v) is 8.40. The molecule has 7 nitrogen and oxygen atoms in total. The summed E-state index contributed by atoms with van der Waals surface area (Å²) in [6.45, 7) is 4.75. The summed E-state index contributed by atoms with van der Waals surface area (Å²) >= 11 is 1.29. The zero-order valence-electron chi connectivity index (χ0n) is 17.1. The van der Waals surface area contributed by atoms with Crippen LogP contribution >= 0.6 is 11.3 Å². The predicted molar refractivity (Wildman–Crippen MR) is 120 cm³/mol. The zero-order chi connectivity index (χ0) is 21.8. The fourth-order valence-corrected chi connectivity index (χ4v) is 4.64. The SMILES string of the molecule is Cc1cc(NC(=O)c2ccco2)sc1C(=O)N1CCCN(c2ccc(C#N)cc2)CC1. The van der Waals surface area contributed by atoms with E-state index in [1.165, 1.54) is 17.6 Å². The molecule has 3 aromatic rings. The number of carbonyl (C=O) groups excluding carboxylic acids is 2. The van der Waals surface area contributed by atoms with E-state index < -0.39 is 0 Å². The Balaban J connectivity index is 1.42. The molecule has 1 aliphatic heterocycles. The molecule has 0 radical (unpaired) electrons. The average molecular weight is 435 g/mol. The van der Waals surface area contributed by atoms with Crippen molar-refractivity contribution in [3.05, 3.63) is 70.5 Å². The fraction of sp³-hybridized carbons (Fsp3) is 0.261. The van der Waals surface area contributed by atoms with Crippen molar-refractivity contribution in [2.75, 3.05) is 36.4 Å². The van der Waals surface area contributed by atoms with Crippen molar-refractivity contribution in [1.29, 1.82) is 5.26 Å². The fourth-order valence-electron chi connectivity index (χ4n) is 3.61. The normalized spacial score (nSPS) is 14.1. The third-order valence-corrected chi connectivity index (χ3v) is 6.38. The maximum atomic E-state index is 13.2. The molecule has 2 aromatic heterocycles. The van der Waals surface area contributed by atoms with Crippen LogP contribution in [-0.4, -0.2) is 42.9 Å². The van der Waals surface area contributed by atoms with Gasteiger partial charge in [0.05, 0.1) is 27.8 Å². The van der Waals surface area contributed by atoms with Crippen LogP contribution in [-0.2, 0) is 0 Å². The molecule has 8 heteroatoms. The Morgan fingerprint density at radius 3 is 2.65 bits per heavy atom. The van der Waals surface area contributed by atoms with E-state index >= 15 is 0 Å². The molecule has 0 spiro atoms. The van der Waals surface area contributed by atoms with Gasteiger partial charge >= 0.3 is 0 Å².